The molecule has 3 nitrogen and oxygen atoms in total. The van der Waals surface area contributed by atoms with E-state index in [4.69, 9.17) is 9.47 Å². The molecule has 0 spiro atoms. The second-order valence-electron chi connectivity index (χ2n) is 4.50. The predicted octanol–water partition coefficient (Wildman–Crippen LogP) is 2.67. The van der Waals surface area contributed by atoms with Crippen LogP contribution >= 0.6 is 0 Å². The summed E-state index contributed by atoms with van der Waals surface area (Å²) in [7, 11) is 1.64. The van der Waals surface area contributed by atoms with E-state index in [1.54, 1.807) is 7.11 Å². The summed E-state index contributed by atoms with van der Waals surface area (Å²) in [6, 6.07) is 3.82. The van der Waals surface area contributed by atoms with E-state index in [9.17, 15) is 4.79 Å². The summed E-state index contributed by atoms with van der Waals surface area (Å²) in [6.07, 6.45) is 1.56. The van der Waals surface area contributed by atoms with E-state index in [0.717, 1.165) is 35.3 Å². The molecule has 0 amide bonds. The molecule has 0 bridgehead atoms. The zero-order valence-electron chi connectivity index (χ0n) is 10.6. The fourth-order valence-corrected chi connectivity index (χ4v) is 2.23. The summed E-state index contributed by atoms with van der Waals surface area (Å²) in [4.78, 5) is 12.3. The van der Waals surface area contributed by atoms with Gasteiger partial charge in [0.2, 0.25) is 0 Å². The van der Waals surface area contributed by atoms with E-state index in [0.29, 0.717) is 6.61 Å². The second kappa shape index (κ2) is 4.88. The Bertz CT molecular complexity index is 431. The first-order chi connectivity index (χ1) is 8.13. The first-order valence-electron chi connectivity index (χ1n) is 5.94. The molecule has 1 aromatic carbocycles. The van der Waals surface area contributed by atoms with Crippen molar-refractivity contribution in [1.29, 1.82) is 0 Å². The molecule has 0 saturated carbocycles. The Balaban J connectivity index is 2.31. The number of aryl methyl sites for hydroxylation is 2. The maximum Gasteiger partial charge on any atom is 0.191 e. The summed E-state index contributed by atoms with van der Waals surface area (Å²) in [5.74, 6) is 0.928. The monoisotopic (exact) mass is 234 g/mol. The molecule has 0 aromatic heterocycles. The second-order valence-corrected chi connectivity index (χ2v) is 4.50. The molecule has 1 aliphatic rings. The molecule has 1 unspecified atom stereocenters. The minimum atomic E-state index is -0.249. The van der Waals surface area contributed by atoms with E-state index in [1.807, 2.05) is 26.0 Å². The number of ketones is 1. The smallest absolute Gasteiger partial charge is 0.191 e. The van der Waals surface area contributed by atoms with Crippen molar-refractivity contribution in [1.82, 2.24) is 0 Å². The van der Waals surface area contributed by atoms with Gasteiger partial charge < -0.3 is 9.47 Å². The largest absolute Gasteiger partial charge is 0.496 e. The number of benzene rings is 1. The molecule has 2 rings (SSSR count). The molecule has 17 heavy (non-hydrogen) atoms. The molecule has 0 N–H and O–H groups in total. The third kappa shape index (κ3) is 2.34. The lowest BCUT2D eigenvalue weighted by atomic mass is 9.97. The van der Waals surface area contributed by atoms with Gasteiger partial charge in [-0.25, -0.2) is 0 Å². The SMILES string of the molecule is COc1cc(C)c(C(=O)C2CCCO2)cc1C. The molecule has 1 saturated heterocycles. The van der Waals surface area contributed by atoms with Gasteiger partial charge in [0.25, 0.3) is 0 Å². The van der Waals surface area contributed by atoms with Crippen LogP contribution in [0.1, 0.15) is 34.3 Å². The Hall–Kier alpha value is -1.35. The average molecular weight is 234 g/mol. The van der Waals surface area contributed by atoms with E-state index in [1.165, 1.54) is 0 Å². The third-order valence-electron chi connectivity index (χ3n) is 3.23. The van der Waals surface area contributed by atoms with Crippen LogP contribution in [-0.2, 0) is 4.74 Å². The van der Waals surface area contributed by atoms with Gasteiger partial charge in [0.15, 0.2) is 5.78 Å². The quantitative estimate of drug-likeness (QED) is 0.754. The molecule has 0 aliphatic carbocycles. The Morgan fingerprint density at radius 2 is 2.12 bits per heavy atom. The van der Waals surface area contributed by atoms with Gasteiger partial charge in [0.05, 0.1) is 7.11 Å². The molecular weight excluding hydrogens is 216 g/mol. The highest BCUT2D eigenvalue weighted by atomic mass is 16.5. The van der Waals surface area contributed by atoms with Gasteiger partial charge in [-0.3, -0.25) is 4.79 Å². The summed E-state index contributed by atoms with van der Waals surface area (Å²) in [5, 5.41) is 0. The number of hydrogen-bond donors (Lipinski definition) is 0. The zero-order valence-corrected chi connectivity index (χ0v) is 10.6. The van der Waals surface area contributed by atoms with E-state index in [2.05, 4.69) is 0 Å². The van der Waals surface area contributed by atoms with Crippen LogP contribution < -0.4 is 4.74 Å². The minimum Gasteiger partial charge on any atom is -0.496 e. The van der Waals surface area contributed by atoms with Crippen molar-refractivity contribution in [2.24, 2.45) is 0 Å². The standard InChI is InChI=1S/C14H18O3/c1-9-8-13(16-3)10(2)7-11(9)14(15)12-5-4-6-17-12/h7-8,12H,4-6H2,1-3H3. The van der Waals surface area contributed by atoms with Gasteiger partial charge in [-0.1, -0.05) is 0 Å². The van der Waals surface area contributed by atoms with Crippen molar-refractivity contribution >= 4 is 5.78 Å². The molecule has 0 radical (unpaired) electrons. The maximum absolute atomic E-state index is 12.3. The molecule has 1 atom stereocenters. The van der Waals surface area contributed by atoms with Crippen molar-refractivity contribution in [2.75, 3.05) is 13.7 Å². The number of rotatable bonds is 3. The molecule has 1 heterocycles. The van der Waals surface area contributed by atoms with Crippen molar-refractivity contribution < 1.29 is 14.3 Å². The van der Waals surface area contributed by atoms with Crippen molar-refractivity contribution in [3.63, 3.8) is 0 Å². The van der Waals surface area contributed by atoms with E-state index in [-0.39, 0.29) is 11.9 Å². The maximum atomic E-state index is 12.3. The van der Waals surface area contributed by atoms with Crippen molar-refractivity contribution in [2.45, 2.75) is 32.8 Å². The Labute approximate surface area is 102 Å². The van der Waals surface area contributed by atoms with Crippen LogP contribution in [0.4, 0.5) is 0 Å². The highest BCUT2D eigenvalue weighted by Gasteiger charge is 2.26. The number of hydrogen-bond acceptors (Lipinski definition) is 3. The van der Waals surface area contributed by atoms with Gasteiger partial charge >= 0.3 is 0 Å². The van der Waals surface area contributed by atoms with Crippen molar-refractivity contribution in [3.8, 4) is 5.75 Å². The molecule has 1 aliphatic heterocycles. The number of methoxy groups -OCH3 is 1. The third-order valence-corrected chi connectivity index (χ3v) is 3.23. The number of Topliss-reactive ketones (excluding diaryl/α,β-unsaturated/α-hetero) is 1. The minimum absolute atomic E-state index is 0.103. The summed E-state index contributed by atoms with van der Waals surface area (Å²) in [6.45, 7) is 4.58. The van der Waals surface area contributed by atoms with Crippen LogP contribution in [0.5, 0.6) is 5.75 Å². The molecular formula is C14H18O3. The predicted molar refractivity (Wildman–Crippen MR) is 65.8 cm³/mol. The van der Waals surface area contributed by atoms with E-state index < -0.39 is 0 Å². The van der Waals surface area contributed by atoms with Gasteiger partial charge in [-0.2, -0.15) is 0 Å². The fourth-order valence-electron chi connectivity index (χ4n) is 2.23. The van der Waals surface area contributed by atoms with Crippen LogP contribution in [0.3, 0.4) is 0 Å². The summed E-state index contributed by atoms with van der Waals surface area (Å²) >= 11 is 0. The van der Waals surface area contributed by atoms with Gasteiger partial charge in [-0.15, -0.1) is 0 Å². The Morgan fingerprint density at radius 3 is 2.71 bits per heavy atom. The van der Waals surface area contributed by atoms with Crippen LogP contribution in [0, 0.1) is 13.8 Å². The average Bonchev–Trinajstić information content (AvgIpc) is 2.84. The van der Waals surface area contributed by atoms with Gasteiger partial charge in [-0.05, 0) is 49.9 Å². The molecule has 3 heteroatoms. The topological polar surface area (TPSA) is 35.5 Å². The lowest BCUT2D eigenvalue weighted by Crippen LogP contribution is -2.20. The first-order valence-corrected chi connectivity index (χ1v) is 5.94. The fraction of sp³-hybridized carbons (Fsp3) is 0.500. The normalized spacial score (nSPS) is 19.4. The highest BCUT2D eigenvalue weighted by molar-refractivity contribution is 6.01. The lowest BCUT2D eigenvalue weighted by Gasteiger charge is -2.13. The van der Waals surface area contributed by atoms with Gasteiger partial charge in [0.1, 0.15) is 11.9 Å². The number of carbonyl (C=O) groups excluding carboxylic acids is 1. The Morgan fingerprint density at radius 1 is 1.35 bits per heavy atom. The van der Waals surface area contributed by atoms with Gasteiger partial charge in [0, 0.05) is 12.2 Å². The molecule has 1 aromatic rings. The van der Waals surface area contributed by atoms with Crippen LogP contribution in [0.15, 0.2) is 12.1 Å². The molecule has 92 valence electrons. The van der Waals surface area contributed by atoms with Crippen LogP contribution in [-0.4, -0.2) is 25.6 Å². The van der Waals surface area contributed by atoms with Crippen LogP contribution in [0.2, 0.25) is 0 Å². The van der Waals surface area contributed by atoms with Crippen LogP contribution in [0.25, 0.3) is 0 Å². The summed E-state index contributed by atoms with van der Waals surface area (Å²) < 4.78 is 10.7. The Kier molecular flexibility index (Phi) is 3.48. The number of carbonyl (C=O) groups is 1. The van der Waals surface area contributed by atoms with Crippen molar-refractivity contribution in [3.05, 3.63) is 28.8 Å². The van der Waals surface area contributed by atoms with E-state index >= 15 is 0 Å². The molecule has 1 fully saturated rings. The zero-order chi connectivity index (χ0) is 12.4. The first kappa shape index (κ1) is 12.1. The lowest BCUT2D eigenvalue weighted by molar-refractivity contribution is 0.0642. The summed E-state index contributed by atoms with van der Waals surface area (Å²) in [5.41, 5.74) is 2.70. The number of ether oxygens (including phenoxy) is 2. The highest BCUT2D eigenvalue weighted by Crippen LogP contribution is 2.25.